The standard InChI is InChI=1S/C19H15NO2/c1-14(21)22-19-9-5-3-7-16(19)11-13-17-12-10-15-6-2-4-8-18(15)20-17/h2-13H,1H3. The van der Waals surface area contributed by atoms with E-state index in [2.05, 4.69) is 4.98 Å². The van der Waals surface area contributed by atoms with Crippen LogP contribution in [0.3, 0.4) is 0 Å². The van der Waals surface area contributed by atoms with E-state index in [9.17, 15) is 4.79 Å². The van der Waals surface area contributed by atoms with Gasteiger partial charge in [0, 0.05) is 17.9 Å². The number of carbonyl (C=O) groups excluding carboxylic acids is 1. The van der Waals surface area contributed by atoms with Crippen molar-refractivity contribution in [1.82, 2.24) is 4.98 Å². The largest absolute Gasteiger partial charge is 0.426 e. The van der Waals surface area contributed by atoms with Gasteiger partial charge in [0.15, 0.2) is 0 Å². The Morgan fingerprint density at radius 1 is 0.955 bits per heavy atom. The van der Waals surface area contributed by atoms with Gasteiger partial charge in [0.05, 0.1) is 11.2 Å². The van der Waals surface area contributed by atoms with Crippen LogP contribution in [0, 0.1) is 0 Å². The van der Waals surface area contributed by atoms with Gasteiger partial charge in [0.1, 0.15) is 5.75 Å². The summed E-state index contributed by atoms with van der Waals surface area (Å²) >= 11 is 0. The zero-order valence-corrected chi connectivity index (χ0v) is 12.2. The monoisotopic (exact) mass is 289 g/mol. The number of fused-ring (bicyclic) bond motifs is 1. The molecule has 0 atom stereocenters. The summed E-state index contributed by atoms with van der Waals surface area (Å²) in [5, 5.41) is 1.11. The molecule has 3 heteroatoms. The Bertz CT molecular complexity index is 853. The minimum absolute atomic E-state index is 0.329. The first-order chi connectivity index (χ1) is 10.7. The van der Waals surface area contributed by atoms with Gasteiger partial charge in [-0.1, -0.05) is 42.5 Å². The summed E-state index contributed by atoms with van der Waals surface area (Å²) in [5.74, 6) is 0.219. The lowest BCUT2D eigenvalue weighted by Crippen LogP contribution is -2.02. The first-order valence-electron chi connectivity index (χ1n) is 7.04. The van der Waals surface area contributed by atoms with Gasteiger partial charge in [0.2, 0.25) is 0 Å². The van der Waals surface area contributed by atoms with Crippen molar-refractivity contribution in [3.05, 3.63) is 71.9 Å². The average molecular weight is 289 g/mol. The van der Waals surface area contributed by atoms with E-state index in [-0.39, 0.29) is 5.97 Å². The average Bonchev–Trinajstić information content (AvgIpc) is 2.53. The molecule has 0 saturated heterocycles. The molecule has 3 aromatic rings. The molecule has 0 fully saturated rings. The van der Waals surface area contributed by atoms with E-state index in [1.165, 1.54) is 6.92 Å². The Morgan fingerprint density at radius 2 is 1.73 bits per heavy atom. The first-order valence-corrected chi connectivity index (χ1v) is 7.04. The van der Waals surface area contributed by atoms with Crippen molar-refractivity contribution in [1.29, 1.82) is 0 Å². The summed E-state index contributed by atoms with van der Waals surface area (Å²) in [7, 11) is 0. The molecular formula is C19H15NO2. The zero-order valence-electron chi connectivity index (χ0n) is 12.2. The summed E-state index contributed by atoms with van der Waals surface area (Å²) < 4.78 is 5.19. The number of carbonyl (C=O) groups is 1. The molecule has 22 heavy (non-hydrogen) atoms. The van der Waals surface area contributed by atoms with Crippen molar-refractivity contribution >= 4 is 29.0 Å². The minimum Gasteiger partial charge on any atom is -0.426 e. The summed E-state index contributed by atoms with van der Waals surface area (Å²) in [6.45, 7) is 1.39. The van der Waals surface area contributed by atoms with Crippen LogP contribution in [-0.2, 0) is 4.79 Å². The number of para-hydroxylation sites is 2. The van der Waals surface area contributed by atoms with Crippen LogP contribution >= 0.6 is 0 Å². The SMILES string of the molecule is CC(=O)Oc1ccccc1C=Cc1ccc2ccccc2n1. The highest BCUT2D eigenvalue weighted by molar-refractivity contribution is 5.81. The number of aromatic nitrogens is 1. The Hall–Kier alpha value is -2.94. The number of pyridine rings is 1. The third kappa shape index (κ3) is 3.20. The van der Waals surface area contributed by atoms with Crippen LogP contribution in [-0.4, -0.2) is 11.0 Å². The van der Waals surface area contributed by atoms with Crippen molar-refractivity contribution in [3.8, 4) is 5.75 Å². The first kappa shape index (κ1) is 14.0. The Kier molecular flexibility index (Phi) is 3.97. The normalized spacial score (nSPS) is 11.0. The van der Waals surface area contributed by atoms with Crippen LogP contribution in [0.25, 0.3) is 23.1 Å². The minimum atomic E-state index is -0.329. The number of rotatable bonds is 3. The Morgan fingerprint density at radius 3 is 2.59 bits per heavy atom. The van der Waals surface area contributed by atoms with Crippen LogP contribution < -0.4 is 4.74 Å². The van der Waals surface area contributed by atoms with Gasteiger partial charge < -0.3 is 4.74 Å². The number of ether oxygens (including phenoxy) is 1. The molecule has 3 rings (SSSR count). The van der Waals surface area contributed by atoms with Crippen molar-refractivity contribution in [2.45, 2.75) is 6.92 Å². The smallest absolute Gasteiger partial charge is 0.308 e. The molecule has 0 amide bonds. The van der Waals surface area contributed by atoms with E-state index in [0.29, 0.717) is 5.75 Å². The zero-order chi connectivity index (χ0) is 15.4. The molecule has 0 aliphatic carbocycles. The van der Waals surface area contributed by atoms with Gasteiger partial charge in [-0.05, 0) is 30.4 Å². The number of esters is 1. The highest BCUT2D eigenvalue weighted by Gasteiger charge is 2.02. The van der Waals surface area contributed by atoms with Gasteiger partial charge in [0.25, 0.3) is 0 Å². The van der Waals surface area contributed by atoms with Gasteiger partial charge in [-0.2, -0.15) is 0 Å². The number of hydrogen-bond acceptors (Lipinski definition) is 3. The lowest BCUT2D eigenvalue weighted by atomic mass is 10.1. The van der Waals surface area contributed by atoms with Crippen LogP contribution in [0.15, 0.2) is 60.7 Å². The second-order valence-electron chi connectivity index (χ2n) is 4.89. The molecule has 1 aromatic heterocycles. The molecule has 0 bridgehead atoms. The van der Waals surface area contributed by atoms with Crippen molar-refractivity contribution in [3.63, 3.8) is 0 Å². The van der Waals surface area contributed by atoms with E-state index >= 15 is 0 Å². The summed E-state index contributed by atoms with van der Waals surface area (Å²) in [5.41, 5.74) is 2.65. The van der Waals surface area contributed by atoms with Crippen LogP contribution in [0.2, 0.25) is 0 Å². The van der Waals surface area contributed by atoms with Gasteiger partial charge in [-0.15, -0.1) is 0 Å². The Labute approximate surface area is 128 Å². The van der Waals surface area contributed by atoms with E-state index in [1.54, 1.807) is 6.07 Å². The second-order valence-corrected chi connectivity index (χ2v) is 4.89. The fourth-order valence-corrected chi connectivity index (χ4v) is 2.22. The summed E-state index contributed by atoms with van der Waals surface area (Å²) in [4.78, 5) is 15.7. The third-order valence-corrected chi connectivity index (χ3v) is 3.23. The van der Waals surface area contributed by atoms with Gasteiger partial charge >= 0.3 is 5.97 Å². The number of nitrogens with zero attached hydrogens (tertiary/aromatic N) is 1. The van der Waals surface area contributed by atoms with Gasteiger partial charge in [-0.3, -0.25) is 4.79 Å². The third-order valence-electron chi connectivity index (χ3n) is 3.23. The maximum atomic E-state index is 11.1. The molecule has 2 aromatic carbocycles. The highest BCUT2D eigenvalue weighted by atomic mass is 16.5. The summed E-state index contributed by atoms with van der Waals surface area (Å²) in [6, 6.07) is 19.4. The van der Waals surface area contributed by atoms with E-state index in [0.717, 1.165) is 22.2 Å². The van der Waals surface area contributed by atoms with E-state index < -0.39 is 0 Å². The molecule has 0 saturated carbocycles. The van der Waals surface area contributed by atoms with Gasteiger partial charge in [-0.25, -0.2) is 4.98 Å². The molecule has 0 aliphatic heterocycles. The molecule has 108 valence electrons. The topological polar surface area (TPSA) is 39.2 Å². The van der Waals surface area contributed by atoms with E-state index in [1.807, 2.05) is 66.7 Å². The molecule has 0 unspecified atom stereocenters. The fraction of sp³-hybridized carbons (Fsp3) is 0.0526. The lowest BCUT2D eigenvalue weighted by Gasteiger charge is -2.04. The molecule has 0 aliphatic rings. The quantitative estimate of drug-likeness (QED) is 0.532. The Balaban J connectivity index is 1.91. The molecule has 0 radical (unpaired) electrons. The number of benzene rings is 2. The van der Waals surface area contributed by atoms with E-state index in [4.69, 9.17) is 4.74 Å². The maximum absolute atomic E-state index is 11.1. The molecule has 0 N–H and O–H groups in total. The van der Waals surface area contributed by atoms with Crippen molar-refractivity contribution in [2.75, 3.05) is 0 Å². The molecular weight excluding hydrogens is 274 g/mol. The summed E-state index contributed by atoms with van der Waals surface area (Å²) in [6.07, 6.45) is 3.81. The molecule has 0 spiro atoms. The lowest BCUT2D eigenvalue weighted by molar-refractivity contribution is -0.131. The fourth-order valence-electron chi connectivity index (χ4n) is 2.22. The van der Waals surface area contributed by atoms with Crippen molar-refractivity contribution < 1.29 is 9.53 Å². The maximum Gasteiger partial charge on any atom is 0.308 e. The highest BCUT2D eigenvalue weighted by Crippen LogP contribution is 2.21. The van der Waals surface area contributed by atoms with Crippen LogP contribution in [0.5, 0.6) is 5.75 Å². The van der Waals surface area contributed by atoms with Crippen molar-refractivity contribution in [2.24, 2.45) is 0 Å². The second kappa shape index (κ2) is 6.22. The molecule has 3 nitrogen and oxygen atoms in total. The predicted octanol–water partition coefficient (Wildman–Crippen LogP) is 4.33. The van der Waals surface area contributed by atoms with Crippen LogP contribution in [0.1, 0.15) is 18.2 Å². The predicted molar refractivity (Wildman–Crippen MR) is 88.4 cm³/mol. The molecule has 1 heterocycles. The van der Waals surface area contributed by atoms with Crippen LogP contribution in [0.4, 0.5) is 0 Å². The number of hydrogen-bond donors (Lipinski definition) is 0.